The summed E-state index contributed by atoms with van der Waals surface area (Å²) < 4.78 is 56.1. The predicted octanol–water partition coefficient (Wildman–Crippen LogP) is 6.69. The number of rotatable bonds is 13. The van der Waals surface area contributed by atoms with Gasteiger partial charge in [0.2, 0.25) is 0 Å². The summed E-state index contributed by atoms with van der Waals surface area (Å²) in [5.41, 5.74) is 4.30. The van der Waals surface area contributed by atoms with Crippen LogP contribution in [0.25, 0.3) is 16.9 Å². The Kier molecular flexibility index (Phi) is 9.83. The number of hydrogen-bond acceptors (Lipinski definition) is 6. The number of carbonyl (C=O) groups excluding carboxylic acids is 1. The third-order valence-corrected chi connectivity index (χ3v) is 7.88. The van der Waals surface area contributed by atoms with Gasteiger partial charge in [-0.3, -0.25) is 4.79 Å². The van der Waals surface area contributed by atoms with Crippen LogP contribution in [-0.2, 0) is 26.0 Å². The normalized spacial score (nSPS) is 11.3. The SMILES string of the molecule is COC(=O)CCCCCOc1ccc(OCc2cc(-c3ccc(S(C)(=O)=O)cc3)n(-c3ccc(F)cc3)c2C)cc1. The fraction of sp³-hybridized carbons (Fsp3) is 0.281. The molecule has 0 saturated carbocycles. The Hall–Kier alpha value is -4.11. The number of halogens is 1. The maximum absolute atomic E-state index is 13.7. The molecule has 0 atom stereocenters. The van der Waals surface area contributed by atoms with E-state index in [2.05, 4.69) is 4.74 Å². The highest BCUT2D eigenvalue weighted by Crippen LogP contribution is 2.31. The number of benzene rings is 3. The quantitative estimate of drug-likeness (QED) is 0.130. The first-order chi connectivity index (χ1) is 19.7. The van der Waals surface area contributed by atoms with Gasteiger partial charge in [0.1, 0.15) is 23.9 Å². The number of carbonyl (C=O) groups is 1. The van der Waals surface area contributed by atoms with Crippen LogP contribution in [0.5, 0.6) is 11.5 Å². The monoisotopic (exact) mass is 579 g/mol. The molecule has 0 saturated heterocycles. The second-order valence-corrected chi connectivity index (χ2v) is 11.8. The van der Waals surface area contributed by atoms with E-state index in [-0.39, 0.29) is 16.7 Å². The molecule has 0 amide bonds. The van der Waals surface area contributed by atoms with Gasteiger partial charge in [0, 0.05) is 29.6 Å². The third-order valence-electron chi connectivity index (χ3n) is 6.75. The molecular formula is C32H34FNO6S. The molecule has 0 unspecified atom stereocenters. The molecular weight excluding hydrogens is 545 g/mol. The molecule has 0 fully saturated rings. The fourth-order valence-electron chi connectivity index (χ4n) is 4.45. The first kappa shape index (κ1) is 29.9. The molecule has 41 heavy (non-hydrogen) atoms. The Labute approximate surface area is 240 Å². The van der Waals surface area contributed by atoms with Crippen LogP contribution in [0.2, 0.25) is 0 Å². The molecule has 0 bridgehead atoms. The largest absolute Gasteiger partial charge is 0.494 e. The number of esters is 1. The Balaban J connectivity index is 1.45. The van der Waals surface area contributed by atoms with E-state index in [1.807, 2.05) is 41.8 Å². The van der Waals surface area contributed by atoms with Crippen LogP contribution in [0.4, 0.5) is 4.39 Å². The summed E-state index contributed by atoms with van der Waals surface area (Å²) in [6.45, 7) is 2.83. The number of nitrogens with zero attached hydrogens (tertiary/aromatic N) is 1. The lowest BCUT2D eigenvalue weighted by molar-refractivity contribution is -0.140. The van der Waals surface area contributed by atoms with Crippen molar-refractivity contribution in [3.05, 3.63) is 95.9 Å². The standard InChI is InChI=1S/C32H34FNO6S/c1-23-25(22-40-29-16-14-28(15-17-29)39-20-6-4-5-7-32(35)38-2)21-31(34(23)27-12-10-26(33)11-13-27)24-8-18-30(19-9-24)41(3,36)37/h8-19,21H,4-7,20,22H2,1-3H3. The number of hydrogen-bond donors (Lipinski definition) is 0. The zero-order valence-electron chi connectivity index (χ0n) is 23.4. The predicted molar refractivity (Wildman–Crippen MR) is 156 cm³/mol. The lowest BCUT2D eigenvalue weighted by Crippen LogP contribution is -2.02. The molecule has 0 N–H and O–H groups in total. The van der Waals surface area contributed by atoms with E-state index in [0.29, 0.717) is 25.4 Å². The van der Waals surface area contributed by atoms with Gasteiger partial charge < -0.3 is 18.8 Å². The molecule has 0 spiro atoms. The van der Waals surface area contributed by atoms with Crippen molar-refractivity contribution in [1.82, 2.24) is 4.57 Å². The zero-order chi connectivity index (χ0) is 29.4. The van der Waals surface area contributed by atoms with Gasteiger partial charge in [0.15, 0.2) is 9.84 Å². The van der Waals surface area contributed by atoms with Crippen molar-refractivity contribution in [3.63, 3.8) is 0 Å². The molecule has 0 aliphatic rings. The summed E-state index contributed by atoms with van der Waals surface area (Å²) in [6, 6.07) is 22.4. The van der Waals surface area contributed by atoms with Gasteiger partial charge in [-0.1, -0.05) is 12.1 Å². The Morgan fingerprint density at radius 3 is 2.10 bits per heavy atom. The van der Waals surface area contributed by atoms with Crippen LogP contribution < -0.4 is 9.47 Å². The Bertz CT molecular complexity index is 1560. The first-order valence-electron chi connectivity index (χ1n) is 13.4. The molecule has 3 aromatic carbocycles. The van der Waals surface area contributed by atoms with E-state index in [9.17, 15) is 17.6 Å². The average molecular weight is 580 g/mol. The van der Waals surface area contributed by atoms with E-state index in [0.717, 1.165) is 53.2 Å². The van der Waals surface area contributed by atoms with Crippen molar-refractivity contribution >= 4 is 15.8 Å². The van der Waals surface area contributed by atoms with Crippen molar-refractivity contribution < 1.29 is 31.8 Å². The van der Waals surface area contributed by atoms with Crippen LogP contribution in [-0.4, -0.2) is 38.9 Å². The third kappa shape index (κ3) is 7.98. The molecule has 4 aromatic rings. The molecule has 9 heteroatoms. The molecule has 4 rings (SSSR count). The Morgan fingerprint density at radius 2 is 1.49 bits per heavy atom. The van der Waals surface area contributed by atoms with Gasteiger partial charge in [-0.05, 0) is 98.5 Å². The number of aromatic nitrogens is 1. The second kappa shape index (κ2) is 13.5. The molecule has 0 aliphatic carbocycles. The minimum absolute atomic E-state index is 0.191. The molecule has 0 aliphatic heterocycles. The summed E-state index contributed by atoms with van der Waals surface area (Å²) in [6.07, 6.45) is 4.11. The Morgan fingerprint density at radius 1 is 0.854 bits per heavy atom. The average Bonchev–Trinajstić information content (AvgIpc) is 3.30. The summed E-state index contributed by atoms with van der Waals surface area (Å²) in [7, 11) is -1.93. The van der Waals surface area contributed by atoms with Gasteiger partial charge in [-0.25, -0.2) is 12.8 Å². The van der Waals surface area contributed by atoms with Gasteiger partial charge in [0.25, 0.3) is 0 Å². The van der Waals surface area contributed by atoms with E-state index in [1.165, 1.54) is 25.5 Å². The number of ether oxygens (including phenoxy) is 3. The van der Waals surface area contributed by atoms with Crippen molar-refractivity contribution in [2.45, 2.75) is 44.1 Å². The summed E-state index contributed by atoms with van der Waals surface area (Å²) in [4.78, 5) is 11.4. The van der Waals surface area contributed by atoms with Crippen LogP contribution in [0.15, 0.2) is 83.8 Å². The van der Waals surface area contributed by atoms with Gasteiger partial charge in [-0.15, -0.1) is 0 Å². The second-order valence-electron chi connectivity index (χ2n) is 9.74. The van der Waals surface area contributed by atoms with E-state index < -0.39 is 9.84 Å². The molecule has 7 nitrogen and oxygen atoms in total. The van der Waals surface area contributed by atoms with Crippen LogP contribution in [0.3, 0.4) is 0 Å². The fourth-order valence-corrected chi connectivity index (χ4v) is 5.08. The van der Waals surface area contributed by atoms with Gasteiger partial charge >= 0.3 is 5.97 Å². The molecule has 0 radical (unpaired) electrons. The van der Waals surface area contributed by atoms with E-state index in [1.54, 1.807) is 36.4 Å². The maximum atomic E-state index is 13.7. The zero-order valence-corrected chi connectivity index (χ0v) is 24.2. The highest BCUT2D eigenvalue weighted by Gasteiger charge is 2.17. The number of methoxy groups -OCH3 is 1. The van der Waals surface area contributed by atoms with E-state index in [4.69, 9.17) is 9.47 Å². The van der Waals surface area contributed by atoms with Crippen molar-refractivity contribution in [3.8, 4) is 28.4 Å². The van der Waals surface area contributed by atoms with E-state index >= 15 is 0 Å². The topological polar surface area (TPSA) is 83.8 Å². The minimum atomic E-state index is -3.32. The summed E-state index contributed by atoms with van der Waals surface area (Å²) in [5.74, 6) is 0.905. The summed E-state index contributed by atoms with van der Waals surface area (Å²) >= 11 is 0. The minimum Gasteiger partial charge on any atom is -0.494 e. The highest BCUT2D eigenvalue weighted by atomic mass is 32.2. The number of unbranched alkanes of at least 4 members (excludes halogenated alkanes) is 2. The lowest BCUT2D eigenvalue weighted by atomic mass is 10.1. The number of sulfone groups is 1. The van der Waals surface area contributed by atoms with Crippen molar-refractivity contribution in [2.75, 3.05) is 20.0 Å². The van der Waals surface area contributed by atoms with Crippen LogP contribution in [0, 0.1) is 12.7 Å². The molecule has 1 heterocycles. The van der Waals surface area contributed by atoms with Crippen LogP contribution >= 0.6 is 0 Å². The van der Waals surface area contributed by atoms with Crippen LogP contribution in [0.1, 0.15) is 36.9 Å². The van der Waals surface area contributed by atoms with Gasteiger partial charge in [-0.2, -0.15) is 0 Å². The highest BCUT2D eigenvalue weighted by molar-refractivity contribution is 7.90. The summed E-state index contributed by atoms with van der Waals surface area (Å²) in [5, 5.41) is 0. The van der Waals surface area contributed by atoms with Gasteiger partial charge in [0.05, 0.1) is 24.3 Å². The lowest BCUT2D eigenvalue weighted by Gasteiger charge is -2.13. The smallest absolute Gasteiger partial charge is 0.305 e. The van der Waals surface area contributed by atoms with Crippen molar-refractivity contribution in [2.24, 2.45) is 0 Å². The molecule has 1 aromatic heterocycles. The van der Waals surface area contributed by atoms with Crippen molar-refractivity contribution in [1.29, 1.82) is 0 Å². The molecule has 216 valence electrons. The maximum Gasteiger partial charge on any atom is 0.305 e. The first-order valence-corrected chi connectivity index (χ1v) is 15.2.